The van der Waals surface area contributed by atoms with Crippen LogP contribution in [0.5, 0.6) is 5.75 Å². The van der Waals surface area contributed by atoms with Crippen molar-refractivity contribution in [1.82, 2.24) is 4.90 Å². The van der Waals surface area contributed by atoms with Crippen LogP contribution in [-0.2, 0) is 16.1 Å². The zero-order valence-electron chi connectivity index (χ0n) is 13.1. The van der Waals surface area contributed by atoms with Crippen molar-refractivity contribution in [2.24, 2.45) is 5.92 Å². The van der Waals surface area contributed by atoms with Crippen molar-refractivity contribution in [3.8, 4) is 5.75 Å². The van der Waals surface area contributed by atoms with Gasteiger partial charge in [-0.25, -0.2) is 0 Å². The third kappa shape index (κ3) is 2.84. The number of aryl methyl sites for hydroxylation is 1. The molecule has 1 amide bonds. The number of fused-ring (bicyclic) bond motifs is 1. The van der Waals surface area contributed by atoms with Gasteiger partial charge in [0.25, 0.3) is 0 Å². The fraction of sp³-hybridized carbons (Fsp3) is 0.500. The van der Waals surface area contributed by atoms with Gasteiger partial charge in [-0.2, -0.15) is 0 Å². The van der Waals surface area contributed by atoms with Gasteiger partial charge in [0, 0.05) is 13.0 Å². The molecule has 2 rings (SSSR count). The van der Waals surface area contributed by atoms with E-state index in [-0.39, 0.29) is 18.4 Å². The number of methoxy groups -OCH3 is 1. The molecular weight excluding hydrogens is 350 g/mol. The van der Waals surface area contributed by atoms with Crippen LogP contribution in [0.3, 0.4) is 0 Å². The summed E-state index contributed by atoms with van der Waals surface area (Å²) in [5, 5.41) is 8.97. The second kappa shape index (κ2) is 6.28. The maximum absolute atomic E-state index is 12.4. The van der Waals surface area contributed by atoms with E-state index >= 15 is 0 Å². The van der Waals surface area contributed by atoms with Gasteiger partial charge in [0.1, 0.15) is 5.75 Å². The lowest BCUT2D eigenvalue weighted by molar-refractivity contribution is -0.145. The fourth-order valence-corrected chi connectivity index (χ4v) is 3.58. The highest BCUT2D eigenvalue weighted by atomic mass is 79.9. The summed E-state index contributed by atoms with van der Waals surface area (Å²) in [6, 6.07) is 1.89. The molecule has 0 aliphatic carbocycles. The maximum atomic E-state index is 12.4. The largest absolute Gasteiger partial charge is 0.496 e. The van der Waals surface area contributed by atoms with Crippen LogP contribution in [0.15, 0.2) is 10.5 Å². The zero-order valence-corrected chi connectivity index (χ0v) is 14.7. The Bertz CT molecular complexity index is 629. The first-order valence-electron chi connectivity index (χ1n) is 7.16. The van der Waals surface area contributed by atoms with Crippen LogP contribution in [0.1, 0.15) is 43.0 Å². The summed E-state index contributed by atoms with van der Waals surface area (Å²) in [6.07, 6.45) is 0.0153. The molecule has 120 valence electrons. The summed E-state index contributed by atoms with van der Waals surface area (Å²) in [4.78, 5) is 25.1. The molecule has 1 aromatic rings. The van der Waals surface area contributed by atoms with Crippen LogP contribution in [0, 0.1) is 12.8 Å². The number of hydrogen-bond donors (Lipinski definition) is 1. The average Bonchev–Trinajstić information content (AvgIpc) is 2.81. The first kappa shape index (κ1) is 16.8. The smallest absolute Gasteiger partial charge is 0.306 e. The minimum absolute atomic E-state index is 0.0153. The highest BCUT2D eigenvalue weighted by Gasteiger charge is 2.35. The number of amides is 1. The summed E-state index contributed by atoms with van der Waals surface area (Å²) >= 11 is 3.55. The second-order valence-electron chi connectivity index (χ2n) is 5.74. The molecule has 1 aliphatic heterocycles. The van der Waals surface area contributed by atoms with Crippen LogP contribution in [-0.4, -0.2) is 29.0 Å². The van der Waals surface area contributed by atoms with Crippen molar-refractivity contribution in [2.45, 2.75) is 39.8 Å². The first-order chi connectivity index (χ1) is 10.3. The standard InChI is InChI=1S/C16H20BrNO4/c1-8-5-12(22-4)15(17)11-7-18(10(3)14(8)11)13(19)6-9(2)16(20)21/h5,9-10H,6-7H2,1-4H3,(H,20,21)/t9-,10?/m0/s1. The summed E-state index contributed by atoms with van der Waals surface area (Å²) in [5.74, 6) is -1.01. The van der Waals surface area contributed by atoms with E-state index in [9.17, 15) is 9.59 Å². The van der Waals surface area contributed by atoms with Gasteiger partial charge < -0.3 is 14.7 Å². The van der Waals surface area contributed by atoms with Gasteiger partial charge in [0.05, 0.1) is 23.5 Å². The van der Waals surface area contributed by atoms with Crippen LogP contribution in [0.2, 0.25) is 0 Å². The van der Waals surface area contributed by atoms with E-state index in [4.69, 9.17) is 9.84 Å². The van der Waals surface area contributed by atoms with Gasteiger partial charge in [-0.3, -0.25) is 9.59 Å². The third-order valence-corrected chi connectivity index (χ3v) is 5.10. The minimum atomic E-state index is -0.947. The average molecular weight is 370 g/mol. The van der Waals surface area contributed by atoms with Crippen LogP contribution in [0.4, 0.5) is 0 Å². The Morgan fingerprint density at radius 2 is 2.18 bits per heavy atom. The Hall–Kier alpha value is -1.56. The van der Waals surface area contributed by atoms with Gasteiger partial charge in [0.15, 0.2) is 0 Å². The molecule has 1 N–H and O–H groups in total. The maximum Gasteiger partial charge on any atom is 0.306 e. The lowest BCUT2D eigenvalue weighted by Crippen LogP contribution is -2.31. The molecule has 0 radical (unpaired) electrons. The van der Waals surface area contributed by atoms with Crippen molar-refractivity contribution in [3.63, 3.8) is 0 Å². The number of carboxylic acid groups (broad SMARTS) is 1. The van der Waals surface area contributed by atoms with E-state index in [1.54, 1.807) is 18.9 Å². The summed E-state index contributed by atoms with van der Waals surface area (Å²) in [5.41, 5.74) is 3.23. The number of rotatable bonds is 4. The van der Waals surface area contributed by atoms with Gasteiger partial charge in [-0.05, 0) is 52.5 Å². The van der Waals surface area contributed by atoms with Gasteiger partial charge in [0.2, 0.25) is 5.91 Å². The summed E-state index contributed by atoms with van der Waals surface area (Å²) in [7, 11) is 1.61. The molecular formula is C16H20BrNO4. The number of carbonyl (C=O) groups excluding carboxylic acids is 1. The highest BCUT2D eigenvalue weighted by molar-refractivity contribution is 9.10. The van der Waals surface area contributed by atoms with Crippen molar-refractivity contribution in [1.29, 1.82) is 0 Å². The van der Waals surface area contributed by atoms with Crippen molar-refractivity contribution >= 4 is 27.8 Å². The Balaban J connectivity index is 2.30. The molecule has 0 fully saturated rings. The topological polar surface area (TPSA) is 66.8 Å². The molecule has 6 heteroatoms. The van der Waals surface area contributed by atoms with Gasteiger partial charge in [-0.15, -0.1) is 0 Å². The number of carbonyl (C=O) groups is 2. The number of nitrogens with zero attached hydrogens (tertiary/aromatic N) is 1. The lowest BCUT2D eigenvalue weighted by Gasteiger charge is -2.23. The molecule has 0 spiro atoms. The van der Waals surface area contributed by atoms with E-state index in [0.29, 0.717) is 6.54 Å². The van der Waals surface area contributed by atoms with E-state index in [1.807, 2.05) is 19.9 Å². The minimum Gasteiger partial charge on any atom is -0.496 e. The van der Waals surface area contributed by atoms with E-state index in [2.05, 4.69) is 15.9 Å². The molecule has 0 bridgehead atoms. The number of aliphatic carboxylic acids is 1. The Morgan fingerprint density at radius 3 is 2.73 bits per heavy atom. The summed E-state index contributed by atoms with van der Waals surface area (Å²) in [6.45, 7) is 6.00. The van der Waals surface area contributed by atoms with Crippen LogP contribution in [0.25, 0.3) is 0 Å². The molecule has 22 heavy (non-hydrogen) atoms. The molecule has 1 heterocycles. The highest BCUT2D eigenvalue weighted by Crippen LogP contribution is 2.43. The Labute approximate surface area is 138 Å². The van der Waals surface area contributed by atoms with Crippen molar-refractivity contribution in [2.75, 3.05) is 7.11 Å². The van der Waals surface area contributed by atoms with Gasteiger partial charge >= 0.3 is 5.97 Å². The SMILES string of the molecule is COc1cc(C)c2c(c1Br)CN(C(=O)C[C@H](C)C(=O)O)C2C. The number of hydrogen-bond acceptors (Lipinski definition) is 3. The molecule has 1 unspecified atom stereocenters. The summed E-state index contributed by atoms with van der Waals surface area (Å²) < 4.78 is 6.21. The number of carboxylic acids is 1. The molecule has 1 aromatic carbocycles. The molecule has 5 nitrogen and oxygen atoms in total. The zero-order chi connectivity index (χ0) is 16.6. The lowest BCUT2D eigenvalue weighted by atomic mass is 9.99. The van der Waals surface area contributed by atoms with E-state index < -0.39 is 11.9 Å². The first-order valence-corrected chi connectivity index (χ1v) is 7.95. The normalized spacial score (nSPS) is 18.0. The van der Waals surface area contributed by atoms with Crippen molar-refractivity contribution in [3.05, 3.63) is 27.2 Å². The number of halogens is 1. The quantitative estimate of drug-likeness (QED) is 0.883. The number of benzene rings is 1. The van der Waals surface area contributed by atoms with Crippen molar-refractivity contribution < 1.29 is 19.4 Å². The molecule has 1 aliphatic rings. The molecule has 2 atom stereocenters. The third-order valence-electron chi connectivity index (χ3n) is 4.24. The van der Waals surface area contributed by atoms with Gasteiger partial charge in [-0.1, -0.05) is 6.92 Å². The van der Waals surface area contributed by atoms with Crippen LogP contribution >= 0.6 is 15.9 Å². The Kier molecular flexibility index (Phi) is 4.80. The monoisotopic (exact) mass is 369 g/mol. The van der Waals surface area contributed by atoms with Crippen LogP contribution < -0.4 is 4.74 Å². The van der Waals surface area contributed by atoms with E-state index in [0.717, 1.165) is 26.9 Å². The molecule has 0 saturated carbocycles. The fourth-order valence-electron chi connectivity index (χ4n) is 2.96. The number of ether oxygens (including phenoxy) is 1. The van der Waals surface area contributed by atoms with E-state index in [1.165, 1.54) is 0 Å². The Morgan fingerprint density at radius 1 is 1.55 bits per heavy atom. The molecule has 0 aromatic heterocycles. The molecule has 0 saturated heterocycles. The predicted molar refractivity (Wildman–Crippen MR) is 85.8 cm³/mol. The second-order valence-corrected chi connectivity index (χ2v) is 6.54. The predicted octanol–water partition coefficient (Wildman–Crippen LogP) is 3.28.